The fourth-order valence-electron chi connectivity index (χ4n) is 1.77. The summed E-state index contributed by atoms with van der Waals surface area (Å²) in [6.45, 7) is -0.183. The molecule has 1 amide bonds. The van der Waals surface area contributed by atoms with Gasteiger partial charge in [0, 0.05) is 13.1 Å². The first-order chi connectivity index (χ1) is 10.1. The Morgan fingerprint density at radius 1 is 1.38 bits per heavy atom. The largest absolute Gasteiger partial charge is 0.491 e. The summed E-state index contributed by atoms with van der Waals surface area (Å²) in [4.78, 5) is 12.9. The maximum absolute atomic E-state index is 12.3. The zero-order valence-corrected chi connectivity index (χ0v) is 11.5. The van der Waals surface area contributed by atoms with Gasteiger partial charge in [-0.15, -0.1) is 0 Å². The SMILES string of the molecule is NNC(=O)c1ccccc1OCCN(CCO)CC(F)F. The molecule has 0 bridgehead atoms. The van der Waals surface area contributed by atoms with Crippen LogP contribution in [0.1, 0.15) is 10.4 Å². The summed E-state index contributed by atoms with van der Waals surface area (Å²) in [6, 6.07) is 6.48. The first-order valence-electron chi connectivity index (χ1n) is 6.42. The number of nitrogens with two attached hydrogens (primary N) is 1. The van der Waals surface area contributed by atoms with Gasteiger partial charge in [0.25, 0.3) is 12.3 Å². The number of carbonyl (C=O) groups is 1. The van der Waals surface area contributed by atoms with Crippen molar-refractivity contribution in [3.63, 3.8) is 0 Å². The van der Waals surface area contributed by atoms with Crippen molar-refractivity contribution < 1.29 is 23.4 Å². The Hall–Kier alpha value is -1.77. The molecule has 4 N–H and O–H groups in total. The number of ether oxygens (including phenoxy) is 1. The van der Waals surface area contributed by atoms with Gasteiger partial charge in [-0.1, -0.05) is 12.1 Å². The molecule has 0 radical (unpaired) electrons. The van der Waals surface area contributed by atoms with E-state index in [1.807, 2.05) is 5.43 Å². The molecule has 1 aromatic rings. The second-order valence-electron chi connectivity index (χ2n) is 4.23. The van der Waals surface area contributed by atoms with Gasteiger partial charge < -0.3 is 9.84 Å². The lowest BCUT2D eigenvalue weighted by atomic mass is 10.2. The molecule has 0 unspecified atom stereocenters. The van der Waals surface area contributed by atoms with Crippen LogP contribution in [0.4, 0.5) is 8.78 Å². The minimum atomic E-state index is -2.48. The quantitative estimate of drug-likeness (QED) is 0.345. The Kier molecular flexibility index (Phi) is 7.59. The highest BCUT2D eigenvalue weighted by atomic mass is 19.3. The topological polar surface area (TPSA) is 87.8 Å². The van der Waals surface area contributed by atoms with Crippen molar-refractivity contribution in [1.29, 1.82) is 0 Å². The number of nitrogens with zero attached hydrogens (tertiary/aromatic N) is 1. The van der Waals surface area contributed by atoms with Crippen LogP contribution in [0.15, 0.2) is 24.3 Å². The van der Waals surface area contributed by atoms with E-state index in [2.05, 4.69) is 0 Å². The third kappa shape index (κ3) is 6.03. The van der Waals surface area contributed by atoms with E-state index in [-0.39, 0.29) is 31.9 Å². The number of para-hydroxylation sites is 1. The molecule has 1 aromatic carbocycles. The number of nitrogens with one attached hydrogen (secondary N) is 1. The van der Waals surface area contributed by atoms with Crippen molar-refractivity contribution in [1.82, 2.24) is 10.3 Å². The molecule has 8 heteroatoms. The summed E-state index contributed by atoms with van der Waals surface area (Å²) >= 11 is 0. The smallest absolute Gasteiger partial charge is 0.268 e. The normalized spacial score (nSPS) is 11.0. The average Bonchev–Trinajstić information content (AvgIpc) is 2.46. The summed E-state index contributed by atoms with van der Waals surface area (Å²) < 4.78 is 30.1. The number of aliphatic hydroxyl groups is 1. The molecule has 0 atom stereocenters. The fourth-order valence-corrected chi connectivity index (χ4v) is 1.77. The van der Waals surface area contributed by atoms with Crippen LogP contribution in [0, 0.1) is 0 Å². The second kappa shape index (κ2) is 9.22. The van der Waals surface area contributed by atoms with Crippen molar-refractivity contribution in [3.8, 4) is 5.75 Å². The summed E-state index contributed by atoms with van der Waals surface area (Å²) in [5.74, 6) is 4.90. The molecule has 0 aliphatic rings. The molecule has 118 valence electrons. The highest BCUT2D eigenvalue weighted by molar-refractivity contribution is 5.96. The van der Waals surface area contributed by atoms with E-state index in [1.54, 1.807) is 24.3 Å². The molecule has 0 aliphatic carbocycles. The van der Waals surface area contributed by atoms with Gasteiger partial charge in [0.1, 0.15) is 12.4 Å². The third-order valence-corrected chi connectivity index (χ3v) is 2.74. The number of nitrogen functional groups attached to an aromatic ring is 1. The predicted molar refractivity (Wildman–Crippen MR) is 73.1 cm³/mol. The second-order valence-corrected chi connectivity index (χ2v) is 4.23. The molecule has 21 heavy (non-hydrogen) atoms. The number of alkyl halides is 2. The predicted octanol–water partition coefficient (Wildman–Crippen LogP) is 0.228. The first kappa shape index (κ1) is 17.3. The van der Waals surface area contributed by atoms with Crippen LogP contribution >= 0.6 is 0 Å². The molecule has 0 heterocycles. The van der Waals surface area contributed by atoms with E-state index in [0.717, 1.165) is 0 Å². The van der Waals surface area contributed by atoms with Crippen LogP contribution in [-0.2, 0) is 0 Å². The molecular formula is C13H19F2N3O3. The Labute approximate surface area is 121 Å². The number of rotatable bonds is 9. The van der Waals surface area contributed by atoms with Crippen molar-refractivity contribution in [2.24, 2.45) is 5.84 Å². The monoisotopic (exact) mass is 303 g/mol. The van der Waals surface area contributed by atoms with Crippen LogP contribution in [0.2, 0.25) is 0 Å². The summed E-state index contributed by atoms with van der Waals surface area (Å²) in [5.41, 5.74) is 2.27. The summed E-state index contributed by atoms with van der Waals surface area (Å²) in [7, 11) is 0. The fraction of sp³-hybridized carbons (Fsp3) is 0.462. The van der Waals surface area contributed by atoms with Crippen LogP contribution in [0.5, 0.6) is 5.75 Å². The third-order valence-electron chi connectivity index (χ3n) is 2.74. The van der Waals surface area contributed by atoms with E-state index >= 15 is 0 Å². The lowest BCUT2D eigenvalue weighted by Gasteiger charge is -2.21. The zero-order valence-electron chi connectivity index (χ0n) is 11.5. The number of hydrogen-bond acceptors (Lipinski definition) is 5. The van der Waals surface area contributed by atoms with Crippen LogP contribution < -0.4 is 16.0 Å². The van der Waals surface area contributed by atoms with Crippen LogP contribution in [-0.4, -0.2) is 55.2 Å². The van der Waals surface area contributed by atoms with Gasteiger partial charge >= 0.3 is 0 Å². The number of carbonyl (C=O) groups excluding carboxylic acids is 1. The Morgan fingerprint density at radius 2 is 2.10 bits per heavy atom. The van der Waals surface area contributed by atoms with E-state index in [9.17, 15) is 13.6 Å². The molecule has 6 nitrogen and oxygen atoms in total. The first-order valence-corrected chi connectivity index (χ1v) is 6.42. The zero-order chi connectivity index (χ0) is 15.7. The molecule has 0 fully saturated rings. The standard InChI is InChI=1S/C13H19F2N3O3/c14-12(15)9-18(5-7-19)6-8-21-11-4-2-1-3-10(11)13(20)17-16/h1-4,12,19H,5-9,16H2,(H,17,20). The minimum absolute atomic E-state index is 0.113. The maximum Gasteiger partial charge on any atom is 0.268 e. The van der Waals surface area contributed by atoms with E-state index in [0.29, 0.717) is 5.75 Å². The molecule has 0 spiro atoms. The Morgan fingerprint density at radius 3 is 2.71 bits per heavy atom. The van der Waals surface area contributed by atoms with Gasteiger partial charge in [0.05, 0.1) is 18.7 Å². The lowest BCUT2D eigenvalue weighted by molar-refractivity contribution is 0.0707. The Balaban J connectivity index is 2.56. The number of aliphatic hydroxyl groups excluding tert-OH is 1. The van der Waals surface area contributed by atoms with Crippen molar-refractivity contribution >= 4 is 5.91 Å². The average molecular weight is 303 g/mol. The molecule has 1 rings (SSSR count). The summed E-state index contributed by atoms with van der Waals surface area (Å²) in [5, 5.41) is 8.82. The number of hydrazine groups is 1. The number of benzene rings is 1. The van der Waals surface area contributed by atoms with Gasteiger partial charge in [0.2, 0.25) is 0 Å². The molecule has 0 saturated heterocycles. The summed E-state index contributed by atoms with van der Waals surface area (Å²) in [6.07, 6.45) is -2.48. The molecule has 0 aromatic heterocycles. The van der Waals surface area contributed by atoms with Gasteiger partial charge in [0.15, 0.2) is 0 Å². The number of amides is 1. The van der Waals surface area contributed by atoms with Gasteiger partial charge in [-0.2, -0.15) is 0 Å². The van der Waals surface area contributed by atoms with Gasteiger partial charge in [-0.3, -0.25) is 15.1 Å². The van der Waals surface area contributed by atoms with Crippen molar-refractivity contribution in [3.05, 3.63) is 29.8 Å². The Bertz CT molecular complexity index is 446. The van der Waals surface area contributed by atoms with Gasteiger partial charge in [-0.25, -0.2) is 14.6 Å². The van der Waals surface area contributed by atoms with Crippen LogP contribution in [0.3, 0.4) is 0 Å². The van der Waals surface area contributed by atoms with Crippen molar-refractivity contribution in [2.75, 3.05) is 32.8 Å². The highest BCUT2D eigenvalue weighted by Gasteiger charge is 2.13. The van der Waals surface area contributed by atoms with Crippen molar-refractivity contribution in [2.45, 2.75) is 6.43 Å². The lowest BCUT2D eigenvalue weighted by Crippen LogP contribution is -2.35. The molecular weight excluding hydrogens is 284 g/mol. The molecule has 0 aliphatic heterocycles. The van der Waals surface area contributed by atoms with Gasteiger partial charge in [-0.05, 0) is 12.1 Å². The number of halogens is 2. The molecule has 0 saturated carbocycles. The minimum Gasteiger partial charge on any atom is -0.491 e. The maximum atomic E-state index is 12.3. The van der Waals surface area contributed by atoms with E-state index in [4.69, 9.17) is 15.7 Å². The van der Waals surface area contributed by atoms with E-state index < -0.39 is 18.9 Å². The highest BCUT2D eigenvalue weighted by Crippen LogP contribution is 2.17. The number of hydrogen-bond donors (Lipinski definition) is 3. The van der Waals surface area contributed by atoms with E-state index in [1.165, 1.54) is 4.90 Å². The van der Waals surface area contributed by atoms with Crippen LogP contribution in [0.25, 0.3) is 0 Å².